The second-order valence-electron chi connectivity index (χ2n) is 5.11. The van der Waals surface area contributed by atoms with Gasteiger partial charge in [-0.3, -0.25) is 4.79 Å². The molecule has 1 saturated heterocycles. The van der Waals surface area contributed by atoms with Crippen LogP contribution < -0.4 is 0 Å². The van der Waals surface area contributed by atoms with Crippen LogP contribution in [0.25, 0.3) is 0 Å². The van der Waals surface area contributed by atoms with Crippen molar-refractivity contribution >= 4 is 5.91 Å². The summed E-state index contributed by atoms with van der Waals surface area (Å²) in [7, 11) is 0. The lowest BCUT2D eigenvalue weighted by molar-refractivity contribution is -0.132. The average Bonchev–Trinajstić information content (AvgIpc) is 2.76. The van der Waals surface area contributed by atoms with E-state index in [0.29, 0.717) is 0 Å². The number of nitrogens with zero attached hydrogens (tertiary/aromatic N) is 1. The zero-order valence-electron chi connectivity index (χ0n) is 11.5. The molecule has 2 heteroatoms. The molecule has 0 aliphatic carbocycles. The van der Waals surface area contributed by atoms with E-state index in [1.807, 2.05) is 35.3 Å². The van der Waals surface area contributed by atoms with Gasteiger partial charge in [0, 0.05) is 18.4 Å². The normalized spacial score (nSPS) is 24.3. The van der Waals surface area contributed by atoms with E-state index in [2.05, 4.69) is 32.2 Å². The van der Waals surface area contributed by atoms with Crippen LogP contribution in [0.2, 0.25) is 0 Å². The van der Waals surface area contributed by atoms with Gasteiger partial charge in [-0.25, -0.2) is 0 Å². The van der Waals surface area contributed by atoms with Crippen LogP contribution in [0.15, 0.2) is 55.6 Å². The van der Waals surface area contributed by atoms with Gasteiger partial charge < -0.3 is 4.90 Å². The smallest absolute Gasteiger partial charge is 0.227 e. The first-order valence-electron chi connectivity index (χ1n) is 6.78. The fourth-order valence-electron chi connectivity index (χ4n) is 2.79. The van der Waals surface area contributed by atoms with E-state index in [1.54, 1.807) is 0 Å². The van der Waals surface area contributed by atoms with Crippen LogP contribution in [0.5, 0.6) is 0 Å². The Balaban J connectivity index is 2.20. The number of hydrogen-bond donors (Lipinski definition) is 0. The maximum Gasteiger partial charge on any atom is 0.227 e. The number of allylic oxidation sites excluding steroid dienone is 1. The van der Waals surface area contributed by atoms with Gasteiger partial charge in [0.1, 0.15) is 0 Å². The molecular weight excluding hydrogens is 234 g/mol. The summed E-state index contributed by atoms with van der Waals surface area (Å²) in [6.45, 7) is 10.5. The van der Waals surface area contributed by atoms with Crippen LogP contribution in [-0.4, -0.2) is 17.4 Å². The number of amides is 1. The quantitative estimate of drug-likeness (QED) is 0.736. The molecule has 0 spiro atoms. The zero-order chi connectivity index (χ0) is 13.8. The molecule has 3 unspecified atom stereocenters. The molecule has 0 aromatic heterocycles. The maximum atomic E-state index is 12.5. The molecule has 1 aromatic rings. The van der Waals surface area contributed by atoms with E-state index < -0.39 is 0 Å². The summed E-state index contributed by atoms with van der Waals surface area (Å²) in [5, 5.41) is 0. The summed E-state index contributed by atoms with van der Waals surface area (Å²) in [6, 6.07) is 10.3. The van der Waals surface area contributed by atoms with Gasteiger partial charge in [-0.2, -0.15) is 0 Å². The number of carbonyl (C=O) groups excluding carboxylic acids is 1. The van der Waals surface area contributed by atoms with E-state index in [-0.39, 0.29) is 23.8 Å². The standard InChI is InChI=1S/C17H21NO/c1-4-9-16-14(5-2)12-18(17(16)19)13(3)15-10-7-6-8-11-15/h4-8,10-11,13-14,16H,1-2,9,12H2,3H3. The summed E-state index contributed by atoms with van der Waals surface area (Å²) in [4.78, 5) is 14.5. The van der Waals surface area contributed by atoms with Crippen molar-refractivity contribution in [2.24, 2.45) is 11.8 Å². The van der Waals surface area contributed by atoms with E-state index in [4.69, 9.17) is 0 Å². The summed E-state index contributed by atoms with van der Waals surface area (Å²) in [5.74, 6) is 0.471. The summed E-state index contributed by atoms with van der Waals surface area (Å²) < 4.78 is 0. The Labute approximate surface area is 115 Å². The number of carbonyl (C=O) groups is 1. The van der Waals surface area contributed by atoms with Gasteiger partial charge in [0.15, 0.2) is 0 Å². The van der Waals surface area contributed by atoms with Crippen LogP contribution in [0.4, 0.5) is 0 Å². The van der Waals surface area contributed by atoms with Gasteiger partial charge >= 0.3 is 0 Å². The monoisotopic (exact) mass is 255 g/mol. The van der Waals surface area contributed by atoms with Gasteiger partial charge in [0.05, 0.1) is 6.04 Å². The predicted molar refractivity (Wildman–Crippen MR) is 78.6 cm³/mol. The molecule has 1 heterocycles. The maximum absolute atomic E-state index is 12.5. The number of likely N-dealkylation sites (tertiary alicyclic amines) is 1. The second kappa shape index (κ2) is 5.87. The summed E-state index contributed by atoms with van der Waals surface area (Å²) in [6.07, 6.45) is 4.47. The van der Waals surface area contributed by atoms with Crippen molar-refractivity contribution in [3.63, 3.8) is 0 Å². The second-order valence-corrected chi connectivity index (χ2v) is 5.11. The Morgan fingerprint density at radius 2 is 2.05 bits per heavy atom. The van der Waals surface area contributed by atoms with Crippen molar-refractivity contribution in [3.8, 4) is 0 Å². The molecule has 100 valence electrons. The molecule has 2 rings (SSSR count). The minimum absolute atomic E-state index is 0.0150. The molecule has 19 heavy (non-hydrogen) atoms. The first kappa shape index (κ1) is 13.6. The van der Waals surface area contributed by atoms with Crippen LogP contribution in [0, 0.1) is 11.8 Å². The molecule has 0 radical (unpaired) electrons. The Bertz CT molecular complexity index is 465. The highest BCUT2D eigenvalue weighted by atomic mass is 16.2. The van der Waals surface area contributed by atoms with Crippen molar-refractivity contribution < 1.29 is 4.79 Å². The van der Waals surface area contributed by atoms with Crippen LogP contribution in [0.1, 0.15) is 24.9 Å². The lowest BCUT2D eigenvalue weighted by atomic mass is 9.93. The van der Waals surface area contributed by atoms with Crippen LogP contribution in [0.3, 0.4) is 0 Å². The predicted octanol–water partition coefficient (Wildman–Crippen LogP) is 3.58. The molecule has 3 atom stereocenters. The van der Waals surface area contributed by atoms with Gasteiger partial charge in [0.2, 0.25) is 5.91 Å². The topological polar surface area (TPSA) is 20.3 Å². The third kappa shape index (κ3) is 2.62. The van der Waals surface area contributed by atoms with Crippen LogP contribution in [-0.2, 0) is 4.79 Å². The van der Waals surface area contributed by atoms with Crippen molar-refractivity contribution in [2.45, 2.75) is 19.4 Å². The Hall–Kier alpha value is -1.83. The van der Waals surface area contributed by atoms with Crippen molar-refractivity contribution in [3.05, 3.63) is 61.2 Å². The Kier molecular flexibility index (Phi) is 4.20. The number of rotatable bonds is 5. The van der Waals surface area contributed by atoms with E-state index in [0.717, 1.165) is 13.0 Å². The van der Waals surface area contributed by atoms with Gasteiger partial charge in [0.25, 0.3) is 0 Å². The first-order valence-corrected chi connectivity index (χ1v) is 6.78. The lowest BCUT2D eigenvalue weighted by Crippen LogP contribution is -2.30. The van der Waals surface area contributed by atoms with Crippen molar-refractivity contribution in [2.75, 3.05) is 6.54 Å². The van der Waals surface area contributed by atoms with E-state index >= 15 is 0 Å². The van der Waals surface area contributed by atoms with Crippen LogP contribution >= 0.6 is 0 Å². The SMILES string of the molecule is C=CCC1C(=O)N(C(C)c2ccccc2)CC1C=C. The number of hydrogen-bond acceptors (Lipinski definition) is 1. The minimum Gasteiger partial charge on any atom is -0.335 e. The molecule has 0 saturated carbocycles. The minimum atomic E-state index is 0.0150. The highest BCUT2D eigenvalue weighted by molar-refractivity contribution is 5.82. The molecule has 1 fully saturated rings. The van der Waals surface area contributed by atoms with Crippen molar-refractivity contribution in [1.29, 1.82) is 0 Å². The van der Waals surface area contributed by atoms with E-state index in [1.165, 1.54) is 5.56 Å². The fraction of sp³-hybridized carbons (Fsp3) is 0.353. The van der Waals surface area contributed by atoms with Gasteiger partial charge in [-0.05, 0) is 18.9 Å². The highest BCUT2D eigenvalue weighted by Crippen LogP contribution is 2.34. The average molecular weight is 255 g/mol. The molecule has 0 bridgehead atoms. The highest BCUT2D eigenvalue weighted by Gasteiger charge is 2.39. The first-order chi connectivity index (χ1) is 9.19. The zero-order valence-corrected chi connectivity index (χ0v) is 11.5. The third-order valence-electron chi connectivity index (χ3n) is 4.00. The lowest BCUT2D eigenvalue weighted by Gasteiger charge is -2.25. The van der Waals surface area contributed by atoms with Crippen molar-refractivity contribution in [1.82, 2.24) is 4.90 Å². The molecule has 1 aromatic carbocycles. The van der Waals surface area contributed by atoms with Gasteiger partial charge in [-0.15, -0.1) is 13.2 Å². The summed E-state index contributed by atoms with van der Waals surface area (Å²) >= 11 is 0. The van der Waals surface area contributed by atoms with E-state index in [9.17, 15) is 4.79 Å². The number of benzene rings is 1. The third-order valence-corrected chi connectivity index (χ3v) is 4.00. The Morgan fingerprint density at radius 1 is 1.37 bits per heavy atom. The molecule has 1 amide bonds. The molecule has 1 aliphatic rings. The largest absolute Gasteiger partial charge is 0.335 e. The summed E-state index contributed by atoms with van der Waals surface area (Å²) in [5.41, 5.74) is 1.18. The van der Waals surface area contributed by atoms with Gasteiger partial charge in [-0.1, -0.05) is 42.5 Å². The molecule has 2 nitrogen and oxygen atoms in total. The Morgan fingerprint density at radius 3 is 2.63 bits per heavy atom. The molecular formula is C17H21NO. The molecule has 0 N–H and O–H groups in total. The fourth-order valence-corrected chi connectivity index (χ4v) is 2.79. The molecule has 1 aliphatic heterocycles.